The van der Waals surface area contributed by atoms with E-state index in [4.69, 9.17) is 25.8 Å². The van der Waals surface area contributed by atoms with Crippen molar-refractivity contribution in [3.63, 3.8) is 0 Å². The first-order valence-electron chi connectivity index (χ1n) is 6.77. The molecule has 1 aromatic rings. The average Bonchev–Trinajstić information content (AvgIpc) is 2.89. The molecule has 108 valence electrons. The Labute approximate surface area is 123 Å². The third-order valence-corrected chi connectivity index (χ3v) is 4.41. The molecule has 1 atom stereocenters. The van der Waals surface area contributed by atoms with Crippen molar-refractivity contribution in [1.29, 1.82) is 0 Å². The Bertz CT molecular complexity index is 523. The second kappa shape index (κ2) is 5.35. The summed E-state index contributed by atoms with van der Waals surface area (Å²) in [7, 11) is 1.63. The SMILES string of the molecule is COc1ccc(Cl)c2c1C1(CC(CC=O)C2)OCCO1. The zero-order valence-electron chi connectivity index (χ0n) is 11.4. The maximum atomic E-state index is 10.9. The van der Waals surface area contributed by atoms with Gasteiger partial charge in [-0.3, -0.25) is 0 Å². The van der Waals surface area contributed by atoms with E-state index in [1.165, 1.54) is 0 Å². The molecule has 1 heterocycles. The van der Waals surface area contributed by atoms with Gasteiger partial charge >= 0.3 is 0 Å². The van der Waals surface area contributed by atoms with Crippen LogP contribution in [0.2, 0.25) is 5.02 Å². The zero-order valence-corrected chi connectivity index (χ0v) is 12.1. The lowest BCUT2D eigenvalue weighted by atomic mass is 9.78. The monoisotopic (exact) mass is 296 g/mol. The highest BCUT2D eigenvalue weighted by atomic mass is 35.5. The average molecular weight is 297 g/mol. The first kappa shape index (κ1) is 13.9. The zero-order chi connectivity index (χ0) is 14.2. The van der Waals surface area contributed by atoms with Crippen LogP contribution in [0.5, 0.6) is 5.75 Å². The smallest absolute Gasteiger partial charge is 0.199 e. The lowest BCUT2D eigenvalue weighted by Gasteiger charge is -2.38. The standard InChI is InChI=1S/C15H17ClO4/c1-18-13-3-2-12(16)11-8-10(4-5-17)9-15(14(11)13)19-6-7-20-15/h2-3,5,10H,4,6-9H2,1H3. The number of rotatable bonds is 3. The molecular formula is C15H17ClO4. The van der Waals surface area contributed by atoms with E-state index in [1.54, 1.807) is 7.11 Å². The maximum Gasteiger partial charge on any atom is 0.199 e. The van der Waals surface area contributed by atoms with E-state index >= 15 is 0 Å². The molecule has 0 radical (unpaired) electrons. The highest BCUT2D eigenvalue weighted by Gasteiger charge is 2.47. The summed E-state index contributed by atoms with van der Waals surface area (Å²) < 4.78 is 17.3. The van der Waals surface area contributed by atoms with Crippen LogP contribution in [-0.2, 0) is 26.5 Å². The summed E-state index contributed by atoms with van der Waals surface area (Å²) in [6.45, 7) is 1.09. The molecule has 1 fully saturated rings. The molecule has 0 saturated carbocycles. The lowest BCUT2D eigenvalue weighted by Crippen LogP contribution is -2.37. The summed E-state index contributed by atoms with van der Waals surface area (Å²) in [5.74, 6) is 0.107. The minimum absolute atomic E-state index is 0.183. The minimum Gasteiger partial charge on any atom is -0.496 e. The van der Waals surface area contributed by atoms with E-state index in [0.29, 0.717) is 31.1 Å². The fourth-order valence-electron chi connectivity index (χ4n) is 3.25. The molecule has 2 aliphatic rings. The summed E-state index contributed by atoms with van der Waals surface area (Å²) in [4.78, 5) is 10.9. The molecule has 0 aromatic heterocycles. The van der Waals surface area contributed by atoms with Gasteiger partial charge in [0.05, 0.1) is 25.9 Å². The molecule has 1 aromatic carbocycles. The number of benzene rings is 1. The van der Waals surface area contributed by atoms with Crippen LogP contribution in [0.1, 0.15) is 24.0 Å². The third-order valence-electron chi connectivity index (χ3n) is 4.05. The van der Waals surface area contributed by atoms with Crippen LogP contribution in [0.3, 0.4) is 0 Å². The van der Waals surface area contributed by atoms with Crippen molar-refractivity contribution in [3.8, 4) is 5.75 Å². The van der Waals surface area contributed by atoms with Crippen LogP contribution in [0.15, 0.2) is 12.1 Å². The minimum atomic E-state index is -0.808. The molecule has 1 unspecified atom stereocenters. The number of hydrogen-bond donors (Lipinski definition) is 0. The van der Waals surface area contributed by atoms with Crippen molar-refractivity contribution in [2.24, 2.45) is 5.92 Å². The number of halogens is 1. The maximum absolute atomic E-state index is 10.9. The van der Waals surface area contributed by atoms with Crippen molar-refractivity contribution in [2.45, 2.75) is 25.0 Å². The second-order valence-corrected chi connectivity index (χ2v) is 5.64. The highest BCUT2D eigenvalue weighted by molar-refractivity contribution is 6.31. The summed E-state index contributed by atoms with van der Waals surface area (Å²) in [6, 6.07) is 3.67. The first-order valence-corrected chi connectivity index (χ1v) is 7.15. The number of ether oxygens (including phenoxy) is 3. The van der Waals surface area contributed by atoms with Gasteiger partial charge in [0.1, 0.15) is 12.0 Å². The van der Waals surface area contributed by atoms with Gasteiger partial charge in [0, 0.05) is 17.9 Å². The number of methoxy groups -OCH3 is 1. The van der Waals surface area contributed by atoms with Gasteiger partial charge in [-0.2, -0.15) is 0 Å². The van der Waals surface area contributed by atoms with Crippen molar-refractivity contribution >= 4 is 17.9 Å². The fraction of sp³-hybridized carbons (Fsp3) is 0.533. The van der Waals surface area contributed by atoms with E-state index < -0.39 is 5.79 Å². The van der Waals surface area contributed by atoms with Crippen LogP contribution in [0.4, 0.5) is 0 Å². The van der Waals surface area contributed by atoms with E-state index in [1.807, 2.05) is 12.1 Å². The normalized spacial score (nSPS) is 23.6. The van der Waals surface area contributed by atoms with Gasteiger partial charge in [-0.15, -0.1) is 0 Å². The summed E-state index contributed by atoms with van der Waals surface area (Å²) >= 11 is 6.34. The fourth-order valence-corrected chi connectivity index (χ4v) is 3.49. The van der Waals surface area contributed by atoms with Crippen LogP contribution < -0.4 is 4.74 Å². The van der Waals surface area contributed by atoms with Gasteiger partial charge in [0.15, 0.2) is 5.79 Å². The van der Waals surface area contributed by atoms with Gasteiger partial charge in [0.2, 0.25) is 0 Å². The first-order chi connectivity index (χ1) is 9.70. The molecule has 1 spiro atoms. The largest absolute Gasteiger partial charge is 0.496 e. The lowest BCUT2D eigenvalue weighted by molar-refractivity contribution is -0.185. The molecule has 0 amide bonds. The van der Waals surface area contributed by atoms with Crippen molar-refractivity contribution in [3.05, 3.63) is 28.3 Å². The third kappa shape index (κ3) is 2.12. The van der Waals surface area contributed by atoms with Gasteiger partial charge in [-0.1, -0.05) is 11.6 Å². The molecule has 20 heavy (non-hydrogen) atoms. The van der Waals surface area contributed by atoms with Gasteiger partial charge in [-0.25, -0.2) is 0 Å². The molecule has 1 aliphatic heterocycles. The summed E-state index contributed by atoms with van der Waals surface area (Å²) in [5, 5.41) is 0.676. The Morgan fingerprint density at radius 3 is 2.85 bits per heavy atom. The summed E-state index contributed by atoms with van der Waals surface area (Å²) in [6.07, 6.45) is 2.85. The van der Waals surface area contributed by atoms with E-state index in [0.717, 1.165) is 29.6 Å². The Morgan fingerprint density at radius 1 is 1.45 bits per heavy atom. The van der Waals surface area contributed by atoms with Gasteiger partial charge in [0.25, 0.3) is 0 Å². The number of fused-ring (bicyclic) bond motifs is 2. The Morgan fingerprint density at radius 2 is 2.20 bits per heavy atom. The van der Waals surface area contributed by atoms with Crippen LogP contribution >= 0.6 is 11.6 Å². The topological polar surface area (TPSA) is 44.8 Å². The van der Waals surface area contributed by atoms with E-state index in [-0.39, 0.29) is 5.92 Å². The second-order valence-electron chi connectivity index (χ2n) is 5.23. The molecule has 1 saturated heterocycles. The highest BCUT2D eigenvalue weighted by Crippen LogP contribution is 2.50. The summed E-state index contributed by atoms with van der Waals surface area (Å²) in [5.41, 5.74) is 1.87. The molecule has 0 bridgehead atoms. The molecule has 1 aliphatic carbocycles. The van der Waals surface area contributed by atoms with Gasteiger partial charge < -0.3 is 19.0 Å². The Kier molecular flexibility index (Phi) is 3.71. The van der Waals surface area contributed by atoms with Crippen molar-refractivity contribution < 1.29 is 19.0 Å². The van der Waals surface area contributed by atoms with Crippen LogP contribution in [0.25, 0.3) is 0 Å². The number of carbonyl (C=O) groups excluding carboxylic acids is 1. The number of hydrogen-bond acceptors (Lipinski definition) is 4. The molecule has 5 heteroatoms. The number of aldehydes is 1. The predicted molar refractivity (Wildman–Crippen MR) is 74.1 cm³/mol. The molecule has 4 nitrogen and oxygen atoms in total. The predicted octanol–water partition coefficient (Wildman–Crippen LogP) is 2.70. The van der Waals surface area contributed by atoms with Crippen LogP contribution in [-0.4, -0.2) is 26.6 Å². The van der Waals surface area contributed by atoms with Gasteiger partial charge in [-0.05, 0) is 30.0 Å². The quantitative estimate of drug-likeness (QED) is 0.805. The van der Waals surface area contributed by atoms with Crippen molar-refractivity contribution in [1.82, 2.24) is 0 Å². The Hall–Kier alpha value is -1.10. The molecule has 3 rings (SSSR count). The van der Waals surface area contributed by atoms with Crippen molar-refractivity contribution in [2.75, 3.05) is 20.3 Å². The number of carbonyl (C=O) groups is 1. The van der Waals surface area contributed by atoms with E-state index in [9.17, 15) is 4.79 Å². The Balaban J connectivity index is 2.13. The molecule has 0 N–H and O–H groups in total. The molecular weight excluding hydrogens is 280 g/mol. The van der Waals surface area contributed by atoms with E-state index in [2.05, 4.69) is 0 Å². The van der Waals surface area contributed by atoms with Crippen LogP contribution in [0, 0.1) is 5.92 Å².